The van der Waals surface area contributed by atoms with E-state index in [0.29, 0.717) is 24.3 Å². The van der Waals surface area contributed by atoms with Gasteiger partial charge in [-0.2, -0.15) is 0 Å². The molecule has 1 aromatic rings. The Morgan fingerprint density at radius 1 is 1.22 bits per heavy atom. The van der Waals surface area contributed by atoms with E-state index in [-0.39, 0.29) is 0 Å². The van der Waals surface area contributed by atoms with Crippen LogP contribution in [0.15, 0.2) is 18.2 Å². The lowest BCUT2D eigenvalue weighted by Crippen LogP contribution is -2.41. The van der Waals surface area contributed by atoms with Crippen molar-refractivity contribution in [3.63, 3.8) is 0 Å². The highest BCUT2D eigenvalue weighted by Gasteiger charge is 2.38. The number of nitrogens with zero attached hydrogens (tertiary/aromatic N) is 1. The molecule has 2 aliphatic rings. The van der Waals surface area contributed by atoms with Crippen molar-refractivity contribution in [2.24, 2.45) is 0 Å². The lowest BCUT2D eigenvalue weighted by Gasteiger charge is -2.38. The average Bonchev–Trinajstić information content (AvgIpc) is 2.76. The minimum absolute atomic E-state index is 0.333. The van der Waals surface area contributed by atoms with Crippen molar-refractivity contribution in [1.29, 1.82) is 0 Å². The SMILES string of the molecule is Cc1ccc(C2CC(=O)CC3CCCN32)c(C)c1. The molecule has 0 amide bonds. The van der Waals surface area contributed by atoms with Crippen LogP contribution in [0.25, 0.3) is 0 Å². The van der Waals surface area contributed by atoms with Crippen molar-refractivity contribution in [3.8, 4) is 0 Å². The summed E-state index contributed by atoms with van der Waals surface area (Å²) in [5.74, 6) is 0.447. The Morgan fingerprint density at radius 3 is 2.83 bits per heavy atom. The molecule has 2 saturated heterocycles. The summed E-state index contributed by atoms with van der Waals surface area (Å²) in [6.45, 7) is 5.46. The topological polar surface area (TPSA) is 20.3 Å². The number of aryl methyl sites for hydroxylation is 2. The fourth-order valence-electron chi connectivity index (χ4n) is 3.65. The summed E-state index contributed by atoms with van der Waals surface area (Å²) >= 11 is 0. The molecule has 2 atom stereocenters. The van der Waals surface area contributed by atoms with Crippen molar-refractivity contribution < 1.29 is 4.79 Å². The second-order valence-electron chi connectivity index (χ2n) is 5.86. The molecule has 18 heavy (non-hydrogen) atoms. The maximum atomic E-state index is 11.9. The number of piperidine rings is 1. The first-order valence-corrected chi connectivity index (χ1v) is 7.00. The molecule has 0 aliphatic carbocycles. The molecule has 3 rings (SSSR count). The van der Waals surface area contributed by atoms with Gasteiger partial charge in [-0.1, -0.05) is 23.8 Å². The number of carbonyl (C=O) groups excluding carboxylic acids is 1. The van der Waals surface area contributed by atoms with Crippen molar-refractivity contribution in [3.05, 3.63) is 34.9 Å². The molecule has 0 spiro atoms. The quantitative estimate of drug-likeness (QED) is 0.755. The Balaban J connectivity index is 1.96. The standard InChI is InChI=1S/C16H21NO/c1-11-5-6-15(12(2)8-11)16-10-14(18)9-13-4-3-7-17(13)16/h5-6,8,13,16H,3-4,7,9-10H2,1-2H3. The number of benzene rings is 1. The molecular formula is C16H21NO. The van der Waals surface area contributed by atoms with Crippen LogP contribution in [0.4, 0.5) is 0 Å². The summed E-state index contributed by atoms with van der Waals surface area (Å²) < 4.78 is 0. The number of rotatable bonds is 1. The Bertz CT molecular complexity index is 480. The Hall–Kier alpha value is -1.15. The predicted octanol–water partition coefficient (Wildman–Crippen LogP) is 3.17. The third kappa shape index (κ3) is 1.99. The molecule has 2 unspecified atom stereocenters. The summed E-state index contributed by atoms with van der Waals surface area (Å²) in [6.07, 6.45) is 3.94. The molecule has 1 aromatic carbocycles. The van der Waals surface area contributed by atoms with Gasteiger partial charge in [-0.25, -0.2) is 0 Å². The molecule has 2 fully saturated rings. The van der Waals surface area contributed by atoms with E-state index in [1.165, 1.54) is 29.5 Å². The van der Waals surface area contributed by atoms with E-state index in [2.05, 4.69) is 36.9 Å². The molecule has 2 heteroatoms. The zero-order chi connectivity index (χ0) is 12.7. The van der Waals surface area contributed by atoms with Gasteiger partial charge < -0.3 is 0 Å². The second kappa shape index (κ2) is 4.51. The van der Waals surface area contributed by atoms with Crippen LogP contribution in [0.1, 0.15) is 48.4 Å². The number of ketones is 1. The van der Waals surface area contributed by atoms with Gasteiger partial charge in [-0.05, 0) is 44.4 Å². The second-order valence-corrected chi connectivity index (χ2v) is 5.86. The van der Waals surface area contributed by atoms with Gasteiger partial charge >= 0.3 is 0 Å². The molecule has 0 N–H and O–H groups in total. The highest BCUT2D eigenvalue weighted by molar-refractivity contribution is 5.81. The van der Waals surface area contributed by atoms with E-state index in [1.54, 1.807) is 0 Å². The molecule has 0 aromatic heterocycles. The van der Waals surface area contributed by atoms with E-state index in [9.17, 15) is 4.79 Å². The normalized spacial score (nSPS) is 28.4. The first-order chi connectivity index (χ1) is 8.65. The molecule has 2 aliphatic heterocycles. The zero-order valence-electron chi connectivity index (χ0n) is 11.3. The minimum Gasteiger partial charge on any atom is -0.300 e. The Morgan fingerprint density at radius 2 is 2.06 bits per heavy atom. The zero-order valence-corrected chi connectivity index (χ0v) is 11.3. The van der Waals surface area contributed by atoms with E-state index >= 15 is 0 Å². The lowest BCUT2D eigenvalue weighted by molar-refractivity contribution is -0.124. The molecule has 2 nitrogen and oxygen atoms in total. The van der Waals surface area contributed by atoms with Crippen LogP contribution in [-0.2, 0) is 4.79 Å². The van der Waals surface area contributed by atoms with Crippen LogP contribution < -0.4 is 0 Å². The van der Waals surface area contributed by atoms with E-state index < -0.39 is 0 Å². The van der Waals surface area contributed by atoms with Gasteiger partial charge in [0.05, 0.1) is 0 Å². The summed E-state index contributed by atoms with van der Waals surface area (Å²) in [5, 5.41) is 0. The molecule has 0 bridgehead atoms. The van der Waals surface area contributed by atoms with Crippen molar-refractivity contribution in [2.45, 2.75) is 51.6 Å². The Labute approximate surface area is 109 Å². The highest BCUT2D eigenvalue weighted by atomic mass is 16.1. The number of Topliss-reactive ketones (excluding diaryl/α,β-unsaturated/α-hetero) is 1. The van der Waals surface area contributed by atoms with E-state index in [4.69, 9.17) is 0 Å². The number of hydrogen-bond acceptors (Lipinski definition) is 2. The fourth-order valence-corrected chi connectivity index (χ4v) is 3.65. The third-order valence-corrected chi connectivity index (χ3v) is 4.49. The Kier molecular flexibility index (Phi) is 2.98. The fraction of sp³-hybridized carbons (Fsp3) is 0.562. The van der Waals surface area contributed by atoms with Gasteiger partial charge in [0.2, 0.25) is 0 Å². The van der Waals surface area contributed by atoms with Gasteiger partial charge in [0, 0.05) is 24.9 Å². The smallest absolute Gasteiger partial charge is 0.136 e. The van der Waals surface area contributed by atoms with E-state index in [0.717, 1.165) is 13.0 Å². The maximum absolute atomic E-state index is 11.9. The molecule has 96 valence electrons. The van der Waals surface area contributed by atoms with Crippen LogP contribution in [-0.4, -0.2) is 23.3 Å². The van der Waals surface area contributed by atoms with Gasteiger partial charge in [-0.3, -0.25) is 9.69 Å². The van der Waals surface area contributed by atoms with Gasteiger partial charge in [0.15, 0.2) is 0 Å². The van der Waals surface area contributed by atoms with Crippen LogP contribution in [0, 0.1) is 13.8 Å². The largest absolute Gasteiger partial charge is 0.300 e. The van der Waals surface area contributed by atoms with Crippen molar-refractivity contribution in [1.82, 2.24) is 4.90 Å². The lowest BCUT2D eigenvalue weighted by atomic mass is 9.88. The first kappa shape index (κ1) is 11.9. The van der Waals surface area contributed by atoms with E-state index in [1.807, 2.05) is 0 Å². The third-order valence-electron chi connectivity index (χ3n) is 4.49. The van der Waals surface area contributed by atoms with Crippen molar-refractivity contribution in [2.75, 3.05) is 6.54 Å². The van der Waals surface area contributed by atoms with Crippen LogP contribution in [0.3, 0.4) is 0 Å². The number of hydrogen-bond donors (Lipinski definition) is 0. The highest BCUT2D eigenvalue weighted by Crippen LogP contribution is 2.39. The average molecular weight is 243 g/mol. The summed E-state index contributed by atoms with van der Waals surface area (Å²) in [7, 11) is 0. The summed E-state index contributed by atoms with van der Waals surface area (Å²) in [6, 6.07) is 7.48. The maximum Gasteiger partial charge on any atom is 0.136 e. The molecule has 0 saturated carbocycles. The molecular weight excluding hydrogens is 222 g/mol. The van der Waals surface area contributed by atoms with Crippen molar-refractivity contribution >= 4 is 5.78 Å². The minimum atomic E-state index is 0.333. The predicted molar refractivity (Wildman–Crippen MR) is 72.6 cm³/mol. The first-order valence-electron chi connectivity index (χ1n) is 7.00. The van der Waals surface area contributed by atoms with Crippen LogP contribution >= 0.6 is 0 Å². The monoisotopic (exact) mass is 243 g/mol. The summed E-state index contributed by atoms with van der Waals surface area (Å²) in [4.78, 5) is 14.5. The molecule has 2 heterocycles. The molecule has 0 radical (unpaired) electrons. The van der Waals surface area contributed by atoms with Gasteiger partial charge in [0.25, 0.3) is 0 Å². The number of carbonyl (C=O) groups is 1. The van der Waals surface area contributed by atoms with Gasteiger partial charge in [-0.15, -0.1) is 0 Å². The van der Waals surface area contributed by atoms with Crippen LogP contribution in [0.5, 0.6) is 0 Å². The van der Waals surface area contributed by atoms with Crippen LogP contribution in [0.2, 0.25) is 0 Å². The number of fused-ring (bicyclic) bond motifs is 1. The van der Waals surface area contributed by atoms with Gasteiger partial charge in [0.1, 0.15) is 5.78 Å². The summed E-state index contributed by atoms with van der Waals surface area (Å²) in [5.41, 5.74) is 4.00.